The average Bonchev–Trinajstić information content (AvgIpc) is 2.60. The van der Waals surface area contributed by atoms with Gasteiger partial charge in [-0.05, 0) is 35.0 Å². The van der Waals surface area contributed by atoms with Crippen LogP contribution in [0.25, 0.3) is 10.8 Å². The van der Waals surface area contributed by atoms with Crippen LogP contribution in [0.4, 0.5) is 5.69 Å². The quantitative estimate of drug-likeness (QED) is 0.764. The van der Waals surface area contributed by atoms with Crippen molar-refractivity contribution in [1.82, 2.24) is 4.90 Å². The molecule has 0 heterocycles. The number of amides is 2. The minimum absolute atomic E-state index is 0.0471. The Morgan fingerprint density at radius 3 is 2.52 bits per heavy atom. The van der Waals surface area contributed by atoms with Gasteiger partial charge in [-0.1, -0.05) is 54.1 Å². The van der Waals surface area contributed by atoms with Gasteiger partial charge in [-0.25, -0.2) is 0 Å². The van der Waals surface area contributed by atoms with Crippen molar-refractivity contribution in [2.24, 2.45) is 0 Å². The molecule has 0 atom stereocenters. The van der Waals surface area contributed by atoms with Gasteiger partial charge in [0.25, 0.3) is 5.91 Å². The van der Waals surface area contributed by atoms with Crippen LogP contribution in [0.2, 0.25) is 5.02 Å². The second kappa shape index (κ2) is 7.36. The van der Waals surface area contributed by atoms with Gasteiger partial charge in [0, 0.05) is 23.3 Å². The van der Waals surface area contributed by atoms with Crippen molar-refractivity contribution in [3.8, 4) is 0 Å². The zero-order valence-corrected chi connectivity index (χ0v) is 14.5. The molecule has 0 spiro atoms. The van der Waals surface area contributed by atoms with Crippen molar-refractivity contribution in [2.75, 3.05) is 18.9 Å². The molecule has 0 unspecified atom stereocenters. The van der Waals surface area contributed by atoms with Gasteiger partial charge in [0.05, 0.1) is 6.54 Å². The zero-order chi connectivity index (χ0) is 17.8. The molecule has 0 aliphatic carbocycles. The highest BCUT2D eigenvalue weighted by Crippen LogP contribution is 2.20. The van der Waals surface area contributed by atoms with Crippen LogP contribution in [0.1, 0.15) is 10.4 Å². The van der Waals surface area contributed by atoms with Gasteiger partial charge in [-0.2, -0.15) is 0 Å². The number of benzene rings is 3. The van der Waals surface area contributed by atoms with Crippen molar-refractivity contribution >= 4 is 39.9 Å². The van der Waals surface area contributed by atoms with Crippen molar-refractivity contribution < 1.29 is 9.59 Å². The Balaban J connectivity index is 1.73. The number of hydrogen-bond acceptors (Lipinski definition) is 2. The predicted octanol–water partition coefficient (Wildman–Crippen LogP) is 4.20. The summed E-state index contributed by atoms with van der Waals surface area (Å²) in [5.41, 5.74) is 1.18. The van der Waals surface area contributed by atoms with Crippen molar-refractivity contribution in [3.63, 3.8) is 0 Å². The summed E-state index contributed by atoms with van der Waals surface area (Å²) in [4.78, 5) is 26.3. The number of anilines is 1. The molecule has 1 N–H and O–H groups in total. The Kier molecular flexibility index (Phi) is 5.00. The molecule has 2 amide bonds. The Labute approximate surface area is 151 Å². The summed E-state index contributed by atoms with van der Waals surface area (Å²) in [6, 6.07) is 20.1. The van der Waals surface area contributed by atoms with E-state index in [0.717, 1.165) is 10.8 Å². The molecule has 0 aliphatic rings. The topological polar surface area (TPSA) is 49.4 Å². The van der Waals surface area contributed by atoms with E-state index < -0.39 is 0 Å². The van der Waals surface area contributed by atoms with E-state index in [1.165, 1.54) is 4.90 Å². The number of rotatable bonds is 4. The van der Waals surface area contributed by atoms with Crippen LogP contribution in [0, 0.1) is 0 Å². The summed E-state index contributed by atoms with van der Waals surface area (Å²) in [7, 11) is 1.61. The van der Waals surface area contributed by atoms with E-state index in [-0.39, 0.29) is 18.4 Å². The molecule has 0 aliphatic heterocycles. The molecule has 0 aromatic heterocycles. The average molecular weight is 353 g/mol. The summed E-state index contributed by atoms with van der Waals surface area (Å²) in [6.07, 6.45) is 0. The molecule has 0 saturated carbocycles. The molecule has 5 heteroatoms. The minimum Gasteiger partial charge on any atom is -0.332 e. The van der Waals surface area contributed by atoms with Crippen LogP contribution in [0.5, 0.6) is 0 Å². The first-order valence-corrected chi connectivity index (χ1v) is 8.21. The molecule has 3 aromatic carbocycles. The minimum atomic E-state index is -0.279. The summed E-state index contributed by atoms with van der Waals surface area (Å²) < 4.78 is 0. The summed E-state index contributed by atoms with van der Waals surface area (Å²) in [6.45, 7) is -0.0471. The van der Waals surface area contributed by atoms with Gasteiger partial charge in [-0.3, -0.25) is 9.59 Å². The molecule has 126 valence electrons. The lowest BCUT2D eigenvalue weighted by Gasteiger charge is -2.18. The molecule has 0 fully saturated rings. The maximum atomic E-state index is 12.7. The van der Waals surface area contributed by atoms with Crippen molar-refractivity contribution in [3.05, 3.63) is 77.3 Å². The fraction of sp³-hybridized carbons (Fsp3) is 0.100. The molecule has 3 aromatic rings. The molecule has 4 nitrogen and oxygen atoms in total. The smallest absolute Gasteiger partial charge is 0.254 e. The first-order valence-electron chi connectivity index (χ1n) is 7.83. The second-order valence-corrected chi connectivity index (χ2v) is 6.18. The Morgan fingerprint density at radius 1 is 1.00 bits per heavy atom. The first-order chi connectivity index (χ1) is 12.0. The van der Waals surface area contributed by atoms with Gasteiger partial charge in [0.1, 0.15) is 0 Å². The van der Waals surface area contributed by atoms with E-state index in [4.69, 9.17) is 11.6 Å². The highest BCUT2D eigenvalue weighted by atomic mass is 35.5. The van der Waals surface area contributed by atoms with E-state index in [1.54, 1.807) is 37.4 Å². The summed E-state index contributed by atoms with van der Waals surface area (Å²) in [5, 5.41) is 5.14. The fourth-order valence-corrected chi connectivity index (χ4v) is 2.86. The highest BCUT2D eigenvalue weighted by molar-refractivity contribution is 6.30. The number of nitrogens with zero attached hydrogens (tertiary/aromatic N) is 1. The number of likely N-dealkylation sites (N-methyl/N-ethyl adjacent to an activating group) is 1. The molecule has 0 bridgehead atoms. The van der Waals surface area contributed by atoms with E-state index in [9.17, 15) is 9.59 Å². The molecule has 25 heavy (non-hydrogen) atoms. The number of halogens is 1. The molecule has 0 saturated heterocycles. The second-order valence-electron chi connectivity index (χ2n) is 5.75. The van der Waals surface area contributed by atoms with Crippen LogP contribution in [-0.2, 0) is 4.79 Å². The van der Waals surface area contributed by atoms with E-state index >= 15 is 0 Å². The Morgan fingerprint density at radius 2 is 1.72 bits per heavy atom. The zero-order valence-electron chi connectivity index (χ0n) is 13.7. The third kappa shape index (κ3) is 3.98. The fourth-order valence-electron chi connectivity index (χ4n) is 2.67. The lowest BCUT2D eigenvalue weighted by atomic mass is 10.0. The Hall–Kier alpha value is -2.85. The Bertz CT molecular complexity index is 934. The van der Waals surface area contributed by atoms with Crippen molar-refractivity contribution in [2.45, 2.75) is 0 Å². The van der Waals surface area contributed by atoms with E-state index in [1.807, 2.05) is 36.4 Å². The van der Waals surface area contributed by atoms with Crippen LogP contribution in [-0.4, -0.2) is 30.3 Å². The van der Waals surface area contributed by atoms with Crippen LogP contribution in [0.3, 0.4) is 0 Å². The number of carbonyl (C=O) groups is 2. The van der Waals surface area contributed by atoms with Gasteiger partial charge in [-0.15, -0.1) is 0 Å². The maximum absolute atomic E-state index is 12.7. The molecular formula is C20H17ClN2O2. The highest BCUT2D eigenvalue weighted by Gasteiger charge is 2.17. The monoisotopic (exact) mass is 352 g/mol. The van der Waals surface area contributed by atoms with Crippen LogP contribution < -0.4 is 5.32 Å². The lowest BCUT2D eigenvalue weighted by molar-refractivity contribution is -0.116. The molecular weight excluding hydrogens is 336 g/mol. The number of carbonyl (C=O) groups excluding carboxylic acids is 2. The largest absolute Gasteiger partial charge is 0.332 e. The summed E-state index contributed by atoms with van der Waals surface area (Å²) in [5.74, 6) is -0.476. The van der Waals surface area contributed by atoms with Gasteiger partial charge in [0.15, 0.2) is 0 Å². The first kappa shape index (κ1) is 17.0. The third-order valence-electron chi connectivity index (χ3n) is 3.86. The molecule has 3 rings (SSSR count). The van der Waals surface area contributed by atoms with Gasteiger partial charge < -0.3 is 10.2 Å². The number of fused-ring (bicyclic) bond motifs is 1. The van der Waals surface area contributed by atoms with Crippen molar-refractivity contribution in [1.29, 1.82) is 0 Å². The lowest BCUT2D eigenvalue weighted by Crippen LogP contribution is -2.35. The molecule has 0 radical (unpaired) electrons. The van der Waals surface area contributed by atoms with Gasteiger partial charge in [0.2, 0.25) is 5.91 Å². The van der Waals surface area contributed by atoms with E-state index in [0.29, 0.717) is 16.3 Å². The normalized spacial score (nSPS) is 10.5. The van der Waals surface area contributed by atoms with E-state index in [2.05, 4.69) is 5.32 Å². The van der Waals surface area contributed by atoms with Crippen LogP contribution in [0.15, 0.2) is 66.7 Å². The third-order valence-corrected chi connectivity index (χ3v) is 4.09. The summed E-state index contributed by atoms with van der Waals surface area (Å²) >= 11 is 5.90. The predicted molar refractivity (Wildman–Crippen MR) is 101 cm³/mol. The maximum Gasteiger partial charge on any atom is 0.254 e. The number of nitrogens with one attached hydrogen (secondary N) is 1. The van der Waals surface area contributed by atoms with Crippen LogP contribution >= 0.6 is 11.6 Å². The SMILES string of the molecule is CN(CC(=O)Nc1cccc(Cl)c1)C(=O)c1cccc2ccccc12. The van der Waals surface area contributed by atoms with Gasteiger partial charge >= 0.3 is 0 Å². The number of hydrogen-bond donors (Lipinski definition) is 1. The standard InChI is InChI=1S/C20H17ClN2O2/c1-23(13-19(24)22-16-9-5-8-15(21)12-16)20(25)18-11-4-7-14-6-2-3-10-17(14)18/h2-12H,13H2,1H3,(H,22,24).